The number of nitrogens with two attached hydrogens (primary N) is 1. The summed E-state index contributed by atoms with van der Waals surface area (Å²) in [5.74, 6) is -1.82. The Hall–Kier alpha value is -2.60. The Morgan fingerprint density at radius 3 is 2.43 bits per heavy atom. The molecule has 0 aliphatic rings. The van der Waals surface area contributed by atoms with Crippen LogP contribution in [0.1, 0.15) is 5.69 Å². The number of benzene rings is 2. The Balaban J connectivity index is 2.21. The lowest BCUT2D eigenvalue weighted by molar-refractivity contribution is 0.509. The topological polar surface area (TPSA) is 56.7 Å². The van der Waals surface area contributed by atoms with Gasteiger partial charge in [-0.2, -0.15) is 0 Å². The van der Waals surface area contributed by atoms with Gasteiger partial charge in [-0.3, -0.25) is 0 Å². The molecular formula is C15H12F2N4. The van der Waals surface area contributed by atoms with Crippen molar-refractivity contribution in [3.63, 3.8) is 0 Å². The summed E-state index contributed by atoms with van der Waals surface area (Å²) in [6, 6.07) is 13.0. The zero-order valence-electron chi connectivity index (χ0n) is 11.0. The van der Waals surface area contributed by atoms with Crippen molar-refractivity contribution in [3.8, 4) is 16.9 Å². The molecule has 2 aromatic carbocycles. The summed E-state index contributed by atoms with van der Waals surface area (Å²) < 4.78 is 28.2. The lowest BCUT2D eigenvalue weighted by Crippen LogP contribution is -2.03. The van der Waals surface area contributed by atoms with Crippen molar-refractivity contribution >= 4 is 0 Å². The summed E-state index contributed by atoms with van der Waals surface area (Å²) in [4.78, 5) is 0. The first-order valence-corrected chi connectivity index (χ1v) is 6.36. The molecule has 0 saturated heterocycles. The van der Waals surface area contributed by atoms with E-state index >= 15 is 0 Å². The van der Waals surface area contributed by atoms with Crippen LogP contribution in [-0.2, 0) is 6.54 Å². The van der Waals surface area contributed by atoms with E-state index < -0.39 is 11.6 Å². The molecule has 0 bridgehead atoms. The zero-order valence-corrected chi connectivity index (χ0v) is 11.0. The Morgan fingerprint density at radius 1 is 1.00 bits per heavy atom. The molecule has 3 aromatic rings. The maximum absolute atomic E-state index is 13.5. The number of aromatic nitrogens is 3. The van der Waals surface area contributed by atoms with Crippen LogP contribution in [0, 0.1) is 11.6 Å². The minimum atomic E-state index is -0.920. The highest BCUT2D eigenvalue weighted by atomic mass is 19.2. The largest absolute Gasteiger partial charge is 0.325 e. The fraction of sp³-hybridized carbons (Fsp3) is 0.0667. The van der Waals surface area contributed by atoms with Gasteiger partial charge in [-0.25, -0.2) is 13.5 Å². The SMILES string of the molecule is NCc1nnn(-c2ccccc2)c1-c1ccc(F)c(F)c1. The van der Waals surface area contributed by atoms with Crippen molar-refractivity contribution in [2.75, 3.05) is 0 Å². The van der Waals surface area contributed by atoms with Gasteiger partial charge in [0.25, 0.3) is 0 Å². The number of hydrogen-bond donors (Lipinski definition) is 1. The van der Waals surface area contributed by atoms with Crippen molar-refractivity contribution in [1.82, 2.24) is 15.0 Å². The lowest BCUT2D eigenvalue weighted by atomic mass is 10.1. The summed E-state index contributed by atoms with van der Waals surface area (Å²) in [6.45, 7) is 0.154. The predicted molar refractivity (Wildman–Crippen MR) is 74.6 cm³/mol. The molecule has 4 nitrogen and oxygen atoms in total. The molecule has 0 unspecified atom stereocenters. The first kappa shape index (κ1) is 13.4. The summed E-state index contributed by atoms with van der Waals surface area (Å²) in [7, 11) is 0. The lowest BCUT2D eigenvalue weighted by Gasteiger charge is -2.08. The molecular weight excluding hydrogens is 274 g/mol. The second-order valence-electron chi connectivity index (χ2n) is 4.47. The van der Waals surface area contributed by atoms with Crippen LogP contribution in [0.4, 0.5) is 8.78 Å². The summed E-state index contributed by atoms with van der Waals surface area (Å²) in [6.07, 6.45) is 0. The van der Waals surface area contributed by atoms with E-state index in [1.165, 1.54) is 6.07 Å². The Labute approximate surface area is 119 Å². The van der Waals surface area contributed by atoms with E-state index in [1.807, 2.05) is 30.3 Å². The fourth-order valence-corrected chi connectivity index (χ4v) is 2.13. The highest BCUT2D eigenvalue weighted by molar-refractivity contribution is 5.64. The predicted octanol–water partition coefficient (Wildman–Crippen LogP) is 2.67. The van der Waals surface area contributed by atoms with Crippen LogP contribution in [0.2, 0.25) is 0 Å². The molecule has 0 atom stereocenters. The summed E-state index contributed by atoms with van der Waals surface area (Å²) in [5.41, 5.74) is 7.98. The zero-order chi connectivity index (χ0) is 14.8. The number of rotatable bonds is 3. The van der Waals surface area contributed by atoms with Gasteiger partial charge in [0.1, 0.15) is 5.69 Å². The van der Waals surface area contributed by atoms with E-state index in [0.29, 0.717) is 17.0 Å². The van der Waals surface area contributed by atoms with E-state index in [0.717, 1.165) is 17.8 Å². The summed E-state index contributed by atoms with van der Waals surface area (Å²) >= 11 is 0. The van der Waals surface area contributed by atoms with Crippen molar-refractivity contribution in [3.05, 3.63) is 65.9 Å². The average Bonchev–Trinajstić information content (AvgIpc) is 2.95. The van der Waals surface area contributed by atoms with E-state index in [-0.39, 0.29) is 6.54 Å². The molecule has 3 rings (SSSR count). The molecule has 0 fully saturated rings. The quantitative estimate of drug-likeness (QED) is 0.805. The van der Waals surface area contributed by atoms with Gasteiger partial charge in [-0.1, -0.05) is 23.4 Å². The standard InChI is InChI=1S/C15H12F2N4/c16-12-7-6-10(8-13(12)17)15-14(9-18)19-20-21(15)11-4-2-1-3-5-11/h1-8H,9,18H2. The fourth-order valence-electron chi connectivity index (χ4n) is 2.13. The molecule has 0 radical (unpaired) electrons. The van der Waals surface area contributed by atoms with Crippen LogP contribution in [0.25, 0.3) is 16.9 Å². The third kappa shape index (κ3) is 2.41. The van der Waals surface area contributed by atoms with Crippen molar-refractivity contribution in [1.29, 1.82) is 0 Å². The maximum atomic E-state index is 13.5. The third-order valence-electron chi connectivity index (χ3n) is 3.13. The van der Waals surface area contributed by atoms with Crippen molar-refractivity contribution in [2.45, 2.75) is 6.54 Å². The van der Waals surface area contributed by atoms with Crippen LogP contribution >= 0.6 is 0 Å². The second kappa shape index (κ2) is 5.41. The number of nitrogens with zero attached hydrogens (tertiary/aromatic N) is 3. The Morgan fingerprint density at radius 2 is 1.76 bits per heavy atom. The van der Waals surface area contributed by atoms with E-state index in [2.05, 4.69) is 10.3 Å². The van der Waals surface area contributed by atoms with Crippen LogP contribution in [0.5, 0.6) is 0 Å². The van der Waals surface area contributed by atoms with Crippen molar-refractivity contribution < 1.29 is 8.78 Å². The van der Waals surface area contributed by atoms with Gasteiger partial charge in [0, 0.05) is 12.1 Å². The molecule has 21 heavy (non-hydrogen) atoms. The van der Waals surface area contributed by atoms with Gasteiger partial charge in [0.2, 0.25) is 0 Å². The van der Waals surface area contributed by atoms with E-state index in [4.69, 9.17) is 5.73 Å². The maximum Gasteiger partial charge on any atom is 0.159 e. The molecule has 2 N–H and O–H groups in total. The number of hydrogen-bond acceptors (Lipinski definition) is 3. The molecule has 0 spiro atoms. The highest BCUT2D eigenvalue weighted by Crippen LogP contribution is 2.26. The Bertz CT molecular complexity index is 769. The minimum absolute atomic E-state index is 0.154. The minimum Gasteiger partial charge on any atom is -0.325 e. The smallest absolute Gasteiger partial charge is 0.159 e. The van der Waals surface area contributed by atoms with Gasteiger partial charge in [0.15, 0.2) is 11.6 Å². The molecule has 1 aromatic heterocycles. The van der Waals surface area contributed by atoms with Crippen LogP contribution in [-0.4, -0.2) is 15.0 Å². The van der Waals surface area contributed by atoms with E-state index in [1.54, 1.807) is 4.68 Å². The third-order valence-corrected chi connectivity index (χ3v) is 3.13. The number of para-hydroxylation sites is 1. The first-order valence-electron chi connectivity index (χ1n) is 6.36. The normalized spacial score (nSPS) is 10.8. The molecule has 0 saturated carbocycles. The van der Waals surface area contributed by atoms with Gasteiger partial charge >= 0.3 is 0 Å². The van der Waals surface area contributed by atoms with Gasteiger partial charge < -0.3 is 5.73 Å². The van der Waals surface area contributed by atoms with Crippen molar-refractivity contribution in [2.24, 2.45) is 5.73 Å². The van der Waals surface area contributed by atoms with Gasteiger partial charge in [-0.05, 0) is 30.3 Å². The molecule has 0 aliphatic carbocycles. The van der Waals surface area contributed by atoms with Crippen LogP contribution in [0.15, 0.2) is 48.5 Å². The second-order valence-corrected chi connectivity index (χ2v) is 4.47. The van der Waals surface area contributed by atoms with Gasteiger partial charge in [-0.15, -0.1) is 5.10 Å². The molecule has 6 heteroatoms. The van der Waals surface area contributed by atoms with E-state index in [9.17, 15) is 8.78 Å². The van der Waals surface area contributed by atoms with Crippen LogP contribution in [0.3, 0.4) is 0 Å². The molecule has 1 heterocycles. The first-order chi connectivity index (χ1) is 10.2. The van der Waals surface area contributed by atoms with Crippen LogP contribution < -0.4 is 5.73 Å². The highest BCUT2D eigenvalue weighted by Gasteiger charge is 2.16. The monoisotopic (exact) mass is 286 g/mol. The van der Waals surface area contributed by atoms with Gasteiger partial charge in [0.05, 0.1) is 11.4 Å². The molecule has 0 aliphatic heterocycles. The average molecular weight is 286 g/mol. The molecule has 106 valence electrons. The molecule has 0 amide bonds. The summed E-state index contributed by atoms with van der Waals surface area (Å²) in [5, 5.41) is 8.07. The Kier molecular flexibility index (Phi) is 3.45. The number of halogens is 2.